The van der Waals surface area contributed by atoms with E-state index in [-0.39, 0.29) is 17.1 Å². The first-order valence-corrected chi connectivity index (χ1v) is 6.75. The number of phenols is 1. The van der Waals surface area contributed by atoms with Crippen molar-refractivity contribution in [2.24, 2.45) is 11.3 Å². The molecule has 1 saturated carbocycles. The lowest BCUT2D eigenvalue weighted by Gasteiger charge is -2.30. The van der Waals surface area contributed by atoms with Gasteiger partial charge in [-0.25, -0.2) is 0 Å². The van der Waals surface area contributed by atoms with Gasteiger partial charge in [0.2, 0.25) is 0 Å². The van der Waals surface area contributed by atoms with Crippen molar-refractivity contribution in [2.45, 2.75) is 25.7 Å². The number of benzene rings is 1. The summed E-state index contributed by atoms with van der Waals surface area (Å²) in [5, 5.41) is 10.1. The second kappa shape index (κ2) is 3.18. The SMILES string of the molecule is O=C1C(Cl)=C2c3ccc(O)cc3C[C@@]23CC[C@@H]1C3. The minimum absolute atomic E-state index is 0.0752. The average Bonchev–Trinajstić information content (AvgIpc) is 2.86. The first-order valence-electron chi connectivity index (χ1n) is 6.37. The third kappa shape index (κ3) is 1.12. The first-order chi connectivity index (χ1) is 8.61. The molecule has 2 atom stereocenters. The quantitative estimate of drug-likeness (QED) is 0.777. The van der Waals surface area contributed by atoms with Crippen molar-refractivity contribution in [3.63, 3.8) is 0 Å². The topological polar surface area (TPSA) is 37.3 Å². The lowest BCUT2D eigenvalue weighted by atomic mass is 9.74. The second-order valence-electron chi connectivity index (χ2n) is 5.79. The molecule has 1 fully saturated rings. The molecule has 3 aliphatic rings. The normalized spacial score (nSPS) is 32.7. The van der Waals surface area contributed by atoms with Gasteiger partial charge in [0.25, 0.3) is 0 Å². The molecule has 18 heavy (non-hydrogen) atoms. The Balaban J connectivity index is 2.01. The summed E-state index contributed by atoms with van der Waals surface area (Å²) in [5.41, 5.74) is 3.34. The summed E-state index contributed by atoms with van der Waals surface area (Å²) in [7, 11) is 0. The van der Waals surface area contributed by atoms with Crippen LogP contribution < -0.4 is 0 Å². The molecule has 0 heterocycles. The standard InChI is InChI=1S/C15H13ClO2/c16-13-12-11-2-1-10(17)5-9(11)7-15(12)4-3-8(6-15)14(13)18/h1-2,5,8,17H,3-4,6-7H2/t8-,15+/m1/s1. The molecule has 0 amide bonds. The molecular formula is C15H13ClO2. The van der Waals surface area contributed by atoms with Gasteiger partial charge in [0, 0.05) is 11.3 Å². The lowest BCUT2D eigenvalue weighted by molar-refractivity contribution is -0.118. The van der Waals surface area contributed by atoms with Crippen molar-refractivity contribution < 1.29 is 9.90 Å². The number of halogens is 1. The van der Waals surface area contributed by atoms with Crippen LogP contribution >= 0.6 is 11.6 Å². The monoisotopic (exact) mass is 260 g/mol. The summed E-state index contributed by atoms with van der Waals surface area (Å²) >= 11 is 6.33. The molecular weight excluding hydrogens is 248 g/mol. The molecule has 0 unspecified atom stereocenters. The Hall–Kier alpha value is -1.28. The van der Waals surface area contributed by atoms with Gasteiger partial charge in [0.05, 0.1) is 5.03 Å². The van der Waals surface area contributed by atoms with Gasteiger partial charge in [-0.2, -0.15) is 0 Å². The number of carbonyl (C=O) groups excluding carboxylic acids is 1. The summed E-state index contributed by atoms with van der Waals surface area (Å²) < 4.78 is 0. The number of phenolic OH excluding ortho intramolecular Hbond substituents is 1. The number of fused-ring (bicyclic) bond motifs is 3. The van der Waals surface area contributed by atoms with Crippen molar-refractivity contribution in [1.82, 2.24) is 0 Å². The Morgan fingerprint density at radius 1 is 1.39 bits per heavy atom. The van der Waals surface area contributed by atoms with Gasteiger partial charge in [-0.3, -0.25) is 4.79 Å². The molecule has 92 valence electrons. The molecule has 1 aromatic carbocycles. The van der Waals surface area contributed by atoms with Crippen LogP contribution in [0.5, 0.6) is 5.75 Å². The predicted octanol–water partition coefficient (Wildman–Crippen LogP) is 3.27. The van der Waals surface area contributed by atoms with E-state index in [1.54, 1.807) is 6.07 Å². The van der Waals surface area contributed by atoms with Crippen LogP contribution in [0.4, 0.5) is 0 Å². The Bertz CT molecular complexity index is 617. The molecule has 2 bridgehead atoms. The van der Waals surface area contributed by atoms with Gasteiger partial charge in [-0.05, 0) is 54.5 Å². The zero-order valence-corrected chi connectivity index (χ0v) is 10.6. The van der Waals surface area contributed by atoms with Crippen LogP contribution in [-0.4, -0.2) is 10.9 Å². The predicted molar refractivity (Wildman–Crippen MR) is 69.4 cm³/mol. The van der Waals surface area contributed by atoms with E-state index in [9.17, 15) is 9.90 Å². The fourth-order valence-corrected chi connectivity index (χ4v) is 4.56. The third-order valence-corrected chi connectivity index (χ3v) is 5.21. The largest absolute Gasteiger partial charge is 0.508 e. The number of Topliss-reactive ketones (excluding diaryl/α,β-unsaturated/α-hetero) is 1. The summed E-state index contributed by atoms with van der Waals surface area (Å²) in [6.45, 7) is 0. The fraction of sp³-hybridized carbons (Fsp3) is 0.400. The second-order valence-corrected chi connectivity index (χ2v) is 6.17. The Morgan fingerprint density at radius 2 is 2.22 bits per heavy atom. The lowest BCUT2D eigenvalue weighted by Crippen LogP contribution is -2.25. The van der Waals surface area contributed by atoms with E-state index in [4.69, 9.17) is 11.6 Å². The molecule has 1 aromatic rings. The molecule has 3 heteroatoms. The molecule has 0 saturated heterocycles. The molecule has 1 N–H and O–H groups in total. The van der Waals surface area contributed by atoms with Crippen molar-refractivity contribution in [2.75, 3.05) is 0 Å². The molecule has 0 aliphatic heterocycles. The maximum atomic E-state index is 12.2. The van der Waals surface area contributed by atoms with Crippen molar-refractivity contribution in [1.29, 1.82) is 0 Å². The zero-order chi connectivity index (χ0) is 12.5. The van der Waals surface area contributed by atoms with Crippen molar-refractivity contribution >= 4 is 23.0 Å². The summed E-state index contributed by atoms with van der Waals surface area (Å²) in [4.78, 5) is 12.2. The smallest absolute Gasteiger partial charge is 0.177 e. The van der Waals surface area contributed by atoms with Crippen LogP contribution in [0, 0.1) is 11.3 Å². The van der Waals surface area contributed by atoms with Crippen LogP contribution in [0.25, 0.3) is 5.57 Å². The van der Waals surface area contributed by atoms with Gasteiger partial charge in [0.15, 0.2) is 5.78 Å². The van der Waals surface area contributed by atoms with Gasteiger partial charge in [0.1, 0.15) is 5.75 Å². The minimum Gasteiger partial charge on any atom is -0.508 e. The zero-order valence-electron chi connectivity index (χ0n) is 9.87. The molecule has 3 aliphatic carbocycles. The number of hydrogen-bond donors (Lipinski definition) is 1. The van der Waals surface area contributed by atoms with E-state index >= 15 is 0 Å². The van der Waals surface area contributed by atoms with E-state index in [0.29, 0.717) is 10.8 Å². The number of rotatable bonds is 0. The van der Waals surface area contributed by atoms with Crippen molar-refractivity contribution in [3.05, 3.63) is 34.4 Å². The third-order valence-electron chi connectivity index (χ3n) is 4.83. The number of hydrogen-bond acceptors (Lipinski definition) is 2. The fourth-order valence-electron chi connectivity index (χ4n) is 4.10. The van der Waals surface area contributed by atoms with E-state index < -0.39 is 0 Å². The van der Waals surface area contributed by atoms with Crippen LogP contribution in [-0.2, 0) is 11.2 Å². The Morgan fingerprint density at radius 3 is 3.06 bits per heavy atom. The highest BCUT2D eigenvalue weighted by molar-refractivity contribution is 6.46. The van der Waals surface area contributed by atoms with Gasteiger partial charge < -0.3 is 5.11 Å². The maximum Gasteiger partial charge on any atom is 0.177 e. The van der Waals surface area contributed by atoms with Crippen LogP contribution in [0.2, 0.25) is 0 Å². The number of carbonyl (C=O) groups is 1. The highest BCUT2D eigenvalue weighted by Gasteiger charge is 2.54. The van der Waals surface area contributed by atoms with Crippen LogP contribution in [0.3, 0.4) is 0 Å². The molecule has 4 rings (SSSR count). The van der Waals surface area contributed by atoms with Gasteiger partial charge in [-0.1, -0.05) is 17.7 Å². The van der Waals surface area contributed by atoms with E-state index in [1.807, 2.05) is 12.1 Å². The minimum atomic E-state index is 0.0752. The summed E-state index contributed by atoms with van der Waals surface area (Å²) in [6.07, 6.45) is 3.86. The van der Waals surface area contributed by atoms with Crippen LogP contribution in [0.1, 0.15) is 30.4 Å². The van der Waals surface area contributed by atoms with Crippen molar-refractivity contribution in [3.8, 4) is 5.75 Å². The average molecular weight is 261 g/mol. The molecule has 0 radical (unpaired) electrons. The van der Waals surface area contributed by atoms with E-state index in [2.05, 4.69) is 0 Å². The molecule has 2 nitrogen and oxygen atoms in total. The van der Waals surface area contributed by atoms with Crippen LogP contribution in [0.15, 0.2) is 23.2 Å². The van der Waals surface area contributed by atoms with Gasteiger partial charge in [-0.15, -0.1) is 0 Å². The number of allylic oxidation sites excluding steroid dienone is 2. The summed E-state index contributed by atoms with van der Waals surface area (Å²) in [5.74, 6) is 0.547. The number of aromatic hydroxyl groups is 1. The van der Waals surface area contributed by atoms with E-state index in [0.717, 1.165) is 42.4 Å². The number of ketones is 1. The Kier molecular flexibility index (Phi) is 1.88. The van der Waals surface area contributed by atoms with E-state index in [1.165, 1.54) is 0 Å². The summed E-state index contributed by atoms with van der Waals surface area (Å²) in [6, 6.07) is 5.40. The highest BCUT2D eigenvalue weighted by atomic mass is 35.5. The molecule has 1 spiro atoms. The highest BCUT2D eigenvalue weighted by Crippen LogP contribution is 2.62. The first kappa shape index (κ1) is 10.6. The van der Waals surface area contributed by atoms with Gasteiger partial charge >= 0.3 is 0 Å². The molecule has 0 aromatic heterocycles. The Labute approximate surface area is 110 Å². The maximum absolute atomic E-state index is 12.2.